The first-order chi connectivity index (χ1) is 16.4. The summed E-state index contributed by atoms with van der Waals surface area (Å²) < 4.78 is 10.7. The lowest BCUT2D eigenvalue weighted by Crippen LogP contribution is -2.35. The van der Waals surface area contributed by atoms with Gasteiger partial charge in [-0.15, -0.1) is 0 Å². The van der Waals surface area contributed by atoms with Crippen LogP contribution in [-0.2, 0) is 14.3 Å². The van der Waals surface area contributed by atoms with Gasteiger partial charge in [0.15, 0.2) is 0 Å². The highest BCUT2D eigenvalue weighted by atomic mass is 35.5. The van der Waals surface area contributed by atoms with Crippen LogP contribution in [0.2, 0.25) is 5.02 Å². The molecule has 8 heteroatoms. The highest BCUT2D eigenvalue weighted by molar-refractivity contribution is 6.32. The van der Waals surface area contributed by atoms with Crippen molar-refractivity contribution in [3.05, 3.63) is 95.0 Å². The zero-order chi connectivity index (χ0) is 24.5. The Bertz CT molecular complexity index is 1140. The number of carbonyl (C=O) groups excluding carboxylic acids is 3. The molecule has 2 unspecified atom stereocenters. The van der Waals surface area contributed by atoms with Crippen molar-refractivity contribution in [3.63, 3.8) is 0 Å². The topological polar surface area (TPSA) is 93.7 Å². The second-order valence-electron chi connectivity index (χ2n) is 7.56. The number of esters is 1. The van der Waals surface area contributed by atoms with E-state index in [0.29, 0.717) is 27.6 Å². The van der Waals surface area contributed by atoms with Gasteiger partial charge in [0, 0.05) is 22.9 Å². The van der Waals surface area contributed by atoms with Crippen molar-refractivity contribution in [1.82, 2.24) is 5.32 Å². The molecule has 0 aliphatic carbocycles. The van der Waals surface area contributed by atoms with E-state index in [1.165, 1.54) is 7.11 Å². The molecule has 0 bridgehead atoms. The molecule has 34 heavy (non-hydrogen) atoms. The Morgan fingerprint density at radius 1 is 0.941 bits per heavy atom. The van der Waals surface area contributed by atoms with Crippen molar-refractivity contribution in [2.45, 2.75) is 25.5 Å². The van der Waals surface area contributed by atoms with Gasteiger partial charge >= 0.3 is 5.97 Å². The average Bonchev–Trinajstić information content (AvgIpc) is 2.83. The van der Waals surface area contributed by atoms with Crippen molar-refractivity contribution < 1.29 is 23.9 Å². The van der Waals surface area contributed by atoms with Gasteiger partial charge in [0.05, 0.1) is 18.6 Å². The van der Waals surface area contributed by atoms with Crippen molar-refractivity contribution >= 4 is 35.1 Å². The fourth-order valence-electron chi connectivity index (χ4n) is 3.23. The van der Waals surface area contributed by atoms with Crippen molar-refractivity contribution in [2.75, 3.05) is 12.4 Å². The molecule has 0 heterocycles. The fourth-order valence-corrected chi connectivity index (χ4v) is 3.49. The first-order valence-corrected chi connectivity index (χ1v) is 11.0. The Kier molecular flexibility index (Phi) is 8.65. The quantitative estimate of drug-likeness (QED) is 0.430. The summed E-state index contributed by atoms with van der Waals surface area (Å²) in [5.41, 5.74) is 1.42. The summed E-state index contributed by atoms with van der Waals surface area (Å²) in [6, 6.07) is 21.7. The van der Waals surface area contributed by atoms with E-state index in [9.17, 15) is 14.4 Å². The number of amides is 2. The smallest absolute Gasteiger partial charge is 0.308 e. The lowest BCUT2D eigenvalue weighted by Gasteiger charge is -2.20. The highest BCUT2D eigenvalue weighted by Gasteiger charge is 2.26. The monoisotopic (exact) mass is 480 g/mol. The van der Waals surface area contributed by atoms with Crippen LogP contribution >= 0.6 is 11.6 Å². The van der Waals surface area contributed by atoms with Gasteiger partial charge in [-0.05, 0) is 37.3 Å². The maximum Gasteiger partial charge on any atom is 0.308 e. The third-order valence-corrected chi connectivity index (χ3v) is 5.19. The minimum atomic E-state index is -1.19. The molecular formula is C26H25ClN2O5. The molecule has 0 aliphatic heterocycles. The van der Waals surface area contributed by atoms with Gasteiger partial charge in [0.1, 0.15) is 5.75 Å². The van der Waals surface area contributed by atoms with Crippen LogP contribution in [0.25, 0.3) is 0 Å². The van der Waals surface area contributed by atoms with Gasteiger partial charge in [-0.2, -0.15) is 0 Å². The van der Waals surface area contributed by atoms with E-state index in [1.54, 1.807) is 79.7 Å². The number of methoxy groups -OCH3 is 1. The standard InChI is InChI=1S/C26H25ClN2O5/c1-17(28-25(31)19-11-7-4-8-12-19)15-23(30)34-24(18-9-5-3-6-10-18)26(32)29-20-13-14-22(33-2)21(27)16-20/h3-14,16-17,24H,15H2,1-2H3,(H,28,31)(H,29,32). The van der Waals surface area contributed by atoms with Gasteiger partial charge in [-0.1, -0.05) is 60.1 Å². The summed E-state index contributed by atoms with van der Waals surface area (Å²) in [4.78, 5) is 38.0. The predicted octanol–water partition coefficient (Wildman–Crippen LogP) is 4.78. The molecule has 0 saturated carbocycles. The Labute approximate surface area is 203 Å². The van der Waals surface area contributed by atoms with Crippen LogP contribution in [0.1, 0.15) is 35.4 Å². The maximum absolute atomic E-state index is 13.0. The van der Waals surface area contributed by atoms with E-state index in [-0.39, 0.29) is 12.3 Å². The van der Waals surface area contributed by atoms with Crippen LogP contribution in [0.3, 0.4) is 0 Å². The zero-order valence-electron chi connectivity index (χ0n) is 18.8. The van der Waals surface area contributed by atoms with Gasteiger partial charge in [-0.3, -0.25) is 14.4 Å². The molecule has 3 aromatic rings. The summed E-state index contributed by atoms with van der Waals surface area (Å²) in [5.74, 6) is -0.994. The highest BCUT2D eigenvalue weighted by Crippen LogP contribution is 2.28. The van der Waals surface area contributed by atoms with Gasteiger partial charge < -0.3 is 20.1 Å². The minimum absolute atomic E-state index is 0.108. The molecule has 176 valence electrons. The summed E-state index contributed by atoms with van der Waals surface area (Å²) in [5, 5.41) is 5.81. The Hall–Kier alpha value is -3.84. The SMILES string of the molecule is COc1ccc(NC(=O)C(OC(=O)CC(C)NC(=O)c2ccccc2)c2ccccc2)cc1Cl. The summed E-state index contributed by atoms with van der Waals surface area (Å²) in [6.45, 7) is 1.69. The molecule has 0 fully saturated rings. The van der Waals surface area contributed by atoms with Crippen molar-refractivity contribution in [2.24, 2.45) is 0 Å². The summed E-state index contributed by atoms with van der Waals surface area (Å²) in [6.07, 6.45) is -1.30. The molecule has 0 aliphatic rings. The predicted molar refractivity (Wildman–Crippen MR) is 130 cm³/mol. The lowest BCUT2D eigenvalue weighted by atomic mass is 10.1. The first kappa shape index (κ1) is 24.8. The van der Waals surface area contributed by atoms with Gasteiger partial charge in [0.25, 0.3) is 11.8 Å². The van der Waals surface area contributed by atoms with Crippen LogP contribution in [0, 0.1) is 0 Å². The number of rotatable bonds is 9. The van der Waals surface area contributed by atoms with Gasteiger partial charge in [-0.25, -0.2) is 0 Å². The van der Waals surface area contributed by atoms with E-state index >= 15 is 0 Å². The Morgan fingerprint density at radius 2 is 1.59 bits per heavy atom. The van der Waals surface area contributed by atoms with E-state index < -0.39 is 24.0 Å². The van der Waals surface area contributed by atoms with E-state index in [4.69, 9.17) is 21.1 Å². The second kappa shape index (κ2) is 11.9. The molecule has 0 spiro atoms. The van der Waals surface area contributed by atoms with E-state index in [1.807, 2.05) is 6.07 Å². The largest absolute Gasteiger partial charge is 0.495 e. The van der Waals surface area contributed by atoms with Crippen LogP contribution < -0.4 is 15.4 Å². The zero-order valence-corrected chi connectivity index (χ0v) is 19.5. The van der Waals surface area contributed by atoms with Crippen molar-refractivity contribution in [3.8, 4) is 5.75 Å². The van der Waals surface area contributed by atoms with Crippen LogP contribution in [0.4, 0.5) is 5.69 Å². The lowest BCUT2D eigenvalue weighted by molar-refractivity contribution is -0.155. The molecule has 0 saturated heterocycles. The molecule has 3 rings (SSSR count). The molecule has 7 nitrogen and oxygen atoms in total. The third-order valence-electron chi connectivity index (χ3n) is 4.90. The van der Waals surface area contributed by atoms with Crippen LogP contribution in [-0.4, -0.2) is 30.9 Å². The summed E-state index contributed by atoms with van der Waals surface area (Å²) in [7, 11) is 1.49. The number of ether oxygens (including phenoxy) is 2. The van der Waals surface area contributed by atoms with E-state index in [0.717, 1.165) is 0 Å². The number of halogens is 1. The number of hydrogen-bond donors (Lipinski definition) is 2. The fraction of sp³-hybridized carbons (Fsp3) is 0.192. The number of carbonyl (C=O) groups is 3. The Balaban J connectivity index is 1.67. The average molecular weight is 481 g/mol. The van der Waals surface area contributed by atoms with Gasteiger partial charge in [0.2, 0.25) is 6.10 Å². The molecule has 2 amide bonds. The number of benzene rings is 3. The molecule has 2 N–H and O–H groups in total. The maximum atomic E-state index is 13.0. The van der Waals surface area contributed by atoms with Crippen molar-refractivity contribution in [1.29, 1.82) is 0 Å². The van der Waals surface area contributed by atoms with Crippen LogP contribution in [0.5, 0.6) is 5.75 Å². The molecule has 0 aromatic heterocycles. The van der Waals surface area contributed by atoms with Crippen LogP contribution in [0.15, 0.2) is 78.9 Å². The third kappa shape index (κ3) is 6.83. The molecule has 0 radical (unpaired) electrons. The minimum Gasteiger partial charge on any atom is -0.495 e. The number of nitrogens with one attached hydrogen (secondary N) is 2. The summed E-state index contributed by atoms with van der Waals surface area (Å²) >= 11 is 6.14. The van der Waals surface area contributed by atoms with E-state index in [2.05, 4.69) is 10.6 Å². The molecular weight excluding hydrogens is 456 g/mol. The second-order valence-corrected chi connectivity index (χ2v) is 7.97. The number of hydrogen-bond acceptors (Lipinski definition) is 5. The Morgan fingerprint density at radius 3 is 2.21 bits per heavy atom. The normalized spacial score (nSPS) is 12.2. The molecule has 2 atom stereocenters. The molecule has 3 aromatic carbocycles. The number of anilines is 1. The first-order valence-electron chi connectivity index (χ1n) is 10.6.